The first-order chi connectivity index (χ1) is 6.65. The van der Waals surface area contributed by atoms with E-state index < -0.39 is 6.09 Å². The molecule has 0 spiro atoms. The molecule has 84 valence electrons. The molecule has 0 rings (SSSR count). The summed E-state index contributed by atoms with van der Waals surface area (Å²) < 4.78 is 0. The number of carboxylic acid groups (broad SMARTS) is 1. The molecule has 0 saturated heterocycles. The van der Waals surface area contributed by atoms with Gasteiger partial charge in [-0.05, 0) is 19.3 Å². The van der Waals surface area contributed by atoms with Crippen LogP contribution in [-0.4, -0.2) is 29.2 Å². The molecule has 0 heterocycles. The van der Waals surface area contributed by atoms with Crippen molar-refractivity contribution in [3.05, 3.63) is 0 Å². The van der Waals surface area contributed by atoms with Crippen LogP contribution in [0.15, 0.2) is 0 Å². The summed E-state index contributed by atoms with van der Waals surface area (Å²) in [6.07, 6.45) is 3.83. The van der Waals surface area contributed by atoms with Crippen LogP contribution in [0, 0.1) is 5.92 Å². The minimum atomic E-state index is -0.789. The molecule has 0 bridgehead atoms. The van der Waals surface area contributed by atoms with Crippen LogP contribution in [0.3, 0.4) is 0 Å². The number of unbranched alkanes of at least 4 members (excludes halogenated alkanes) is 1. The maximum absolute atomic E-state index is 10.8. The molecule has 14 heavy (non-hydrogen) atoms. The van der Waals surface area contributed by atoms with Gasteiger partial charge in [-0.2, -0.15) is 0 Å². The molecule has 0 aromatic rings. The third kappa shape index (κ3) is 5.10. The van der Waals surface area contributed by atoms with Crippen LogP contribution in [0.5, 0.6) is 0 Å². The number of hydrogen-bond donors (Lipinski definition) is 1. The van der Waals surface area contributed by atoms with E-state index in [1.807, 2.05) is 6.92 Å². The predicted molar refractivity (Wildman–Crippen MR) is 58.6 cm³/mol. The van der Waals surface area contributed by atoms with Gasteiger partial charge in [0.05, 0.1) is 0 Å². The largest absolute Gasteiger partial charge is 0.465 e. The fourth-order valence-electron chi connectivity index (χ4n) is 1.57. The Kier molecular flexibility index (Phi) is 7.25. The lowest BCUT2D eigenvalue weighted by molar-refractivity contribution is 0.137. The normalized spacial score (nSPS) is 12.5. The predicted octanol–water partition coefficient (Wildman–Crippen LogP) is 3.20. The topological polar surface area (TPSA) is 40.5 Å². The van der Waals surface area contributed by atoms with E-state index in [4.69, 9.17) is 5.11 Å². The van der Waals surface area contributed by atoms with E-state index in [1.165, 1.54) is 17.7 Å². The summed E-state index contributed by atoms with van der Waals surface area (Å²) in [5, 5.41) is 8.87. The second-order valence-electron chi connectivity index (χ2n) is 3.74. The number of carbonyl (C=O) groups is 1. The van der Waals surface area contributed by atoms with E-state index in [2.05, 4.69) is 13.8 Å². The van der Waals surface area contributed by atoms with Crippen LogP contribution in [0.25, 0.3) is 0 Å². The van der Waals surface area contributed by atoms with Crippen LogP contribution in [0.1, 0.15) is 46.5 Å². The van der Waals surface area contributed by atoms with Crippen molar-refractivity contribution in [1.29, 1.82) is 0 Å². The molecule has 0 saturated carbocycles. The number of amides is 1. The van der Waals surface area contributed by atoms with Gasteiger partial charge in [-0.15, -0.1) is 0 Å². The van der Waals surface area contributed by atoms with Gasteiger partial charge in [0.1, 0.15) is 0 Å². The summed E-state index contributed by atoms with van der Waals surface area (Å²) in [4.78, 5) is 12.3. The minimum absolute atomic E-state index is 0.533. The van der Waals surface area contributed by atoms with Crippen molar-refractivity contribution in [2.24, 2.45) is 5.92 Å². The molecule has 0 aromatic carbocycles. The van der Waals surface area contributed by atoms with Crippen LogP contribution in [0.4, 0.5) is 4.79 Å². The van der Waals surface area contributed by atoms with Gasteiger partial charge in [-0.25, -0.2) is 4.79 Å². The van der Waals surface area contributed by atoms with Crippen molar-refractivity contribution >= 4 is 6.09 Å². The quantitative estimate of drug-likeness (QED) is 0.687. The molecule has 0 aliphatic rings. The highest BCUT2D eigenvalue weighted by Crippen LogP contribution is 2.14. The Hall–Kier alpha value is -0.730. The fourth-order valence-corrected chi connectivity index (χ4v) is 1.57. The van der Waals surface area contributed by atoms with Gasteiger partial charge in [-0.3, -0.25) is 0 Å². The summed E-state index contributed by atoms with van der Waals surface area (Å²) in [7, 11) is 0. The average Bonchev–Trinajstić information content (AvgIpc) is 2.18. The van der Waals surface area contributed by atoms with Gasteiger partial charge >= 0.3 is 6.09 Å². The van der Waals surface area contributed by atoms with Gasteiger partial charge in [0.25, 0.3) is 0 Å². The molecule has 1 atom stereocenters. The van der Waals surface area contributed by atoms with Crippen LogP contribution >= 0.6 is 0 Å². The summed E-state index contributed by atoms with van der Waals surface area (Å²) in [5.74, 6) is 0.533. The van der Waals surface area contributed by atoms with E-state index >= 15 is 0 Å². The Morgan fingerprint density at radius 2 is 2.00 bits per heavy atom. The number of rotatable bonds is 7. The Morgan fingerprint density at radius 1 is 1.36 bits per heavy atom. The first-order valence-electron chi connectivity index (χ1n) is 5.63. The van der Waals surface area contributed by atoms with E-state index in [-0.39, 0.29) is 0 Å². The molecular formula is C11H23NO2. The number of nitrogens with zero attached hydrogens (tertiary/aromatic N) is 1. The van der Waals surface area contributed by atoms with Gasteiger partial charge < -0.3 is 10.0 Å². The molecule has 0 radical (unpaired) electrons. The zero-order valence-corrected chi connectivity index (χ0v) is 9.62. The van der Waals surface area contributed by atoms with E-state index in [9.17, 15) is 4.79 Å². The molecule has 1 unspecified atom stereocenters. The summed E-state index contributed by atoms with van der Waals surface area (Å²) in [6, 6.07) is 0. The third-order valence-corrected chi connectivity index (χ3v) is 2.67. The number of hydrogen-bond acceptors (Lipinski definition) is 1. The van der Waals surface area contributed by atoms with Crippen molar-refractivity contribution in [3.8, 4) is 0 Å². The monoisotopic (exact) mass is 201 g/mol. The summed E-state index contributed by atoms with van der Waals surface area (Å²) in [5.41, 5.74) is 0. The summed E-state index contributed by atoms with van der Waals surface area (Å²) in [6.45, 7) is 7.48. The van der Waals surface area contributed by atoms with Crippen LogP contribution in [0.2, 0.25) is 0 Å². The lowest BCUT2D eigenvalue weighted by Gasteiger charge is -2.23. The minimum Gasteiger partial charge on any atom is -0.465 e. The highest BCUT2D eigenvalue weighted by atomic mass is 16.4. The van der Waals surface area contributed by atoms with E-state index in [1.54, 1.807) is 0 Å². The molecule has 1 N–H and O–H groups in total. The molecule has 0 fully saturated rings. The first kappa shape index (κ1) is 13.3. The average molecular weight is 201 g/mol. The molecular weight excluding hydrogens is 178 g/mol. The first-order valence-corrected chi connectivity index (χ1v) is 5.63. The van der Waals surface area contributed by atoms with E-state index in [0.717, 1.165) is 12.8 Å². The van der Waals surface area contributed by atoms with Crippen molar-refractivity contribution in [3.63, 3.8) is 0 Å². The Morgan fingerprint density at radius 3 is 2.36 bits per heavy atom. The maximum Gasteiger partial charge on any atom is 0.407 e. The zero-order chi connectivity index (χ0) is 11.0. The SMILES string of the molecule is CCCCC(CC)CN(CC)C(=O)O. The Balaban J connectivity index is 3.94. The zero-order valence-electron chi connectivity index (χ0n) is 9.62. The highest BCUT2D eigenvalue weighted by molar-refractivity contribution is 5.64. The second kappa shape index (κ2) is 7.65. The molecule has 0 aliphatic carbocycles. The van der Waals surface area contributed by atoms with Gasteiger partial charge in [-0.1, -0.05) is 33.1 Å². The van der Waals surface area contributed by atoms with Crippen molar-refractivity contribution in [2.45, 2.75) is 46.5 Å². The fraction of sp³-hybridized carbons (Fsp3) is 0.909. The lowest BCUT2D eigenvalue weighted by atomic mass is 9.99. The standard InChI is InChI=1S/C11H23NO2/c1-4-7-8-10(5-2)9-12(6-3)11(13)14/h10H,4-9H2,1-3H3,(H,13,14). The summed E-state index contributed by atoms with van der Waals surface area (Å²) >= 11 is 0. The van der Waals surface area contributed by atoms with Crippen molar-refractivity contribution in [2.75, 3.05) is 13.1 Å². The van der Waals surface area contributed by atoms with Crippen LogP contribution in [-0.2, 0) is 0 Å². The molecule has 0 aromatic heterocycles. The molecule has 3 heteroatoms. The molecule has 0 aliphatic heterocycles. The Bertz CT molecular complexity index is 159. The molecule has 1 amide bonds. The maximum atomic E-state index is 10.8. The second-order valence-corrected chi connectivity index (χ2v) is 3.74. The van der Waals surface area contributed by atoms with Gasteiger partial charge in [0.2, 0.25) is 0 Å². The smallest absolute Gasteiger partial charge is 0.407 e. The lowest BCUT2D eigenvalue weighted by Crippen LogP contribution is -2.33. The highest BCUT2D eigenvalue weighted by Gasteiger charge is 2.14. The van der Waals surface area contributed by atoms with Gasteiger partial charge in [0.15, 0.2) is 0 Å². The van der Waals surface area contributed by atoms with Gasteiger partial charge in [0, 0.05) is 13.1 Å². The van der Waals surface area contributed by atoms with Crippen LogP contribution < -0.4 is 0 Å². The molecule has 3 nitrogen and oxygen atoms in total. The third-order valence-electron chi connectivity index (χ3n) is 2.67. The van der Waals surface area contributed by atoms with Crippen molar-refractivity contribution < 1.29 is 9.90 Å². The van der Waals surface area contributed by atoms with E-state index in [0.29, 0.717) is 19.0 Å². The Labute approximate surface area is 87.1 Å². The van der Waals surface area contributed by atoms with Crippen molar-refractivity contribution in [1.82, 2.24) is 4.90 Å².